The molecule has 0 amide bonds. The molecule has 11 nitrogen and oxygen atoms in total. The van der Waals surface area contributed by atoms with E-state index in [1.807, 2.05) is 15.6 Å². The number of rotatable bonds is 9. The van der Waals surface area contributed by atoms with Crippen molar-refractivity contribution < 1.29 is 26.3 Å². The molecule has 0 spiro atoms. The number of alkyl halides is 2. The Bertz CT molecular complexity index is 1960. The number of anilines is 2. The number of benzene rings is 2. The molecule has 0 unspecified atom stereocenters. The van der Waals surface area contributed by atoms with Crippen LogP contribution < -0.4 is 20.5 Å². The van der Waals surface area contributed by atoms with Gasteiger partial charge in [-0.05, 0) is 62.7 Å². The lowest BCUT2D eigenvalue weighted by atomic mass is 10.0. The molecule has 2 aromatic carbocycles. The van der Waals surface area contributed by atoms with Gasteiger partial charge in [-0.15, -0.1) is 0 Å². The van der Waals surface area contributed by atoms with E-state index < -0.39 is 27.7 Å². The van der Waals surface area contributed by atoms with E-state index in [0.29, 0.717) is 27.7 Å². The van der Waals surface area contributed by atoms with Crippen LogP contribution in [0, 0.1) is 5.82 Å². The van der Waals surface area contributed by atoms with Gasteiger partial charge in [0.1, 0.15) is 29.2 Å². The molecule has 6 rings (SSSR count). The zero-order valence-corrected chi connectivity index (χ0v) is 25.2. The van der Waals surface area contributed by atoms with E-state index in [-0.39, 0.29) is 23.3 Å². The molecule has 0 radical (unpaired) electrons. The van der Waals surface area contributed by atoms with E-state index in [2.05, 4.69) is 15.4 Å². The molecular formula is C30H31F3N8O3S. The molecule has 1 aliphatic heterocycles. The van der Waals surface area contributed by atoms with Crippen molar-refractivity contribution in [2.45, 2.75) is 37.7 Å². The number of nitrogen functional groups attached to an aromatic ring is 1. The molecule has 1 fully saturated rings. The zero-order valence-electron chi connectivity index (χ0n) is 24.4. The average molecular weight is 641 g/mol. The van der Waals surface area contributed by atoms with E-state index in [9.17, 15) is 21.6 Å². The van der Waals surface area contributed by atoms with Crippen molar-refractivity contribution in [2.24, 2.45) is 7.05 Å². The summed E-state index contributed by atoms with van der Waals surface area (Å²) < 4.78 is 75.9. The number of hydrogen-bond acceptors (Lipinski definition) is 8. The van der Waals surface area contributed by atoms with Gasteiger partial charge in [0, 0.05) is 36.1 Å². The van der Waals surface area contributed by atoms with Crippen LogP contribution >= 0.6 is 0 Å². The number of nitrogens with one attached hydrogen (secondary N) is 2. The predicted octanol–water partition coefficient (Wildman–Crippen LogP) is 5.25. The number of ether oxygens (including phenoxy) is 1. The second-order valence-electron chi connectivity index (χ2n) is 10.9. The standard InChI is InChI=1S/C30H31F3N8O3S/c1-17(18-3-6-21(31)7-4-18)44-25-13-19(5-8-24(25)39-45(42,43)30(32)33)27-26-28(40(2)38-27)23(15-36-29(26)34)20-14-37-41(16-20)22-9-11-35-12-10-22/h3-8,13-17,22,30,35,39H,9-12H2,1-2H3,(H2,34,36)/t17-/m0/s1. The van der Waals surface area contributed by atoms with Gasteiger partial charge in [-0.2, -0.15) is 19.0 Å². The Hall–Kier alpha value is -4.63. The predicted molar refractivity (Wildman–Crippen MR) is 165 cm³/mol. The fourth-order valence-corrected chi connectivity index (χ4v) is 6.10. The molecule has 5 aromatic rings. The normalized spacial score (nSPS) is 15.1. The lowest BCUT2D eigenvalue weighted by molar-refractivity contribution is 0.228. The highest BCUT2D eigenvalue weighted by atomic mass is 32.2. The number of aromatic nitrogens is 5. The molecule has 4 N–H and O–H groups in total. The Morgan fingerprint density at radius 1 is 1.09 bits per heavy atom. The molecule has 1 aliphatic rings. The van der Waals surface area contributed by atoms with Gasteiger partial charge in [0.15, 0.2) is 0 Å². The summed E-state index contributed by atoms with van der Waals surface area (Å²) >= 11 is 0. The van der Waals surface area contributed by atoms with Crippen molar-refractivity contribution in [3.05, 3.63) is 72.4 Å². The monoisotopic (exact) mass is 640 g/mol. The molecule has 236 valence electrons. The van der Waals surface area contributed by atoms with Gasteiger partial charge in [-0.25, -0.2) is 17.8 Å². The van der Waals surface area contributed by atoms with Gasteiger partial charge >= 0.3 is 5.76 Å². The van der Waals surface area contributed by atoms with Crippen LogP contribution in [0.4, 0.5) is 24.7 Å². The van der Waals surface area contributed by atoms with E-state index >= 15 is 0 Å². The maximum absolute atomic E-state index is 13.5. The number of halogens is 3. The van der Waals surface area contributed by atoms with E-state index in [0.717, 1.165) is 37.1 Å². The first-order chi connectivity index (χ1) is 21.5. The minimum absolute atomic E-state index is 0.0433. The second-order valence-corrected chi connectivity index (χ2v) is 12.5. The summed E-state index contributed by atoms with van der Waals surface area (Å²) in [6.07, 6.45) is 6.69. The largest absolute Gasteiger partial charge is 0.484 e. The van der Waals surface area contributed by atoms with Crippen LogP contribution in [0.25, 0.3) is 33.3 Å². The summed E-state index contributed by atoms with van der Waals surface area (Å²) in [7, 11) is -3.24. The topological polar surface area (TPSA) is 142 Å². The fraction of sp³-hybridized carbons (Fsp3) is 0.300. The third-order valence-corrected chi connectivity index (χ3v) is 8.85. The molecule has 1 atom stereocenters. The van der Waals surface area contributed by atoms with Crippen molar-refractivity contribution in [3.8, 4) is 28.1 Å². The number of fused-ring (bicyclic) bond motifs is 1. The van der Waals surface area contributed by atoms with Crippen LogP contribution in [0.15, 0.2) is 61.1 Å². The first-order valence-electron chi connectivity index (χ1n) is 14.2. The van der Waals surface area contributed by atoms with Gasteiger partial charge < -0.3 is 15.8 Å². The van der Waals surface area contributed by atoms with E-state index in [4.69, 9.17) is 15.6 Å². The Morgan fingerprint density at radius 3 is 2.53 bits per heavy atom. The number of hydrogen-bond donors (Lipinski definition) is 3. The Labute approximate surface area is 257 Å². The third-order valence-electron chi connectivity index (χ3n) is 7.87. The third kappa shape index (κ3) is 6.04. The number of nitrogens with two attached hydrogens (primary N) is 1. The molecular weight excluding hydrogens is 609 g/mol. The second kappa shape index (κ2) is 12.0. The molecule has 45 heavy (non-hydrogen) atoms. The number of sulfonamides is 1. The lowest BCUT2D eigenvalue weighted by Crippen LogP contribution is -2.29. The summed E-state index contributed by atoms with van der Waals surface area (Å²) in [5, 5.41) is 13.2. The smallest absolute Gasteiger partial charge is 0.355 e. The van der Waals surface area contributed by atoms with Gasteiger partial charge in [-0.1, -0.05) is 18.2 Å². The molecule has 4 heterocycles. The molecule has 3 aromatic heterocycles. The minimum atomic E-state index is -5.01. The van der Waals surface area contributed by atoms with Crippen LogP contribution in [-0.4, -0.2) is 51.8 Å². The Morgan fingerprint density at radius 2 is 1.82 bits per heavy atom. The number of piperidine rings is 1. The number of aryl methyl sites for hydroxylation is 1. The van der Waals surface area contributed by atoms with Crippen LogP contribution in [0.2, 0.25) is 0 Å². The van der Waals surface area contributed by atoms with Crippen LogP contribution in [-0.2, 0) is 17.1 Å². The molecule has 1 saturated heterocycles. The Balaban J connectivity index is 1.43. The first-order valence-corrected chi connectivity index (χ1v) is 15.8. The molecule has 0 aliphatic carbocycles. The molecule has 0 saturated carbocycles. The maximum atomic E-state index is 13.5. The van der Waals surface area contributed by atoms with E-state index in [1.54, 1.807) is 31.0 Å². The Kier molecular flexibility index (Phi) is 8.14. The van der Waals surface area contributed by atoms with Crippen LogP contribution in [0.5, 0.6) is 5.75 Å². The fourth-order valence-electron chi connectivity index (χ4n) is 5.54. The molecule has 0 bridgehead atoms. The van der Waals surface area contributed by atoms with Gasteiger partial charge in [0.05, 0.1) is 28.8 Å². The van der Waals surface area contributed by atoms with Crippen molar-refractivity contribution in [1.82, 2.24) is 29.9 Å². The summed E-state index contributed by atoms with van der Waals surface area (Å²) in [5.74, 6) is -3.93. The van der Waals surface area contributed by atoms with Crippen molar-refractivity contribution in [1.29, 1.82) is 0 Å². The summed E-state index contributed by atoms with van der Waals surface area (Å²) in [5.41, 5.74) is 9.98. The highest BCUT2D eigenvalue weighted by Gasteiger charge is 2.27. The quantitative estimate of drug-likeness (QED) is 0.198. The molecule has 15 heteroatoms. The van der Waals surface area contributed by atoms with Gasteiger partial charge in [-0.3, -0.25) is 14.1 Å². The van der Waals surface area contributed by atoms with Crippen LogP contribution in [0.1, 0.15) is 37.5 Å². The summed E-state index contributed by atoms with van der Waals surface area (Å²) in [4.78, 5) is 4.45. The number of pyridine rings is 1. The SMILES string of the molecule is C[C@H](Oc1cc(-c2nn(C)c3c(-c4cnn(C5CCNCC5)c4)cnc(N)c23)ccc1NS(=O)(=O)C(F)F)c1ccc(F)cc1. The lowest BCUT2D eigenvalue weighted by Gasteiger charge is -2.22. The van der Waals surface area contributed by atoms with Gasteiger partial charge in [0.2, 0.25) is 0 Å². The zero-order chi connectivity index (χ0) is 31.9. The summed E-state index contributed by atoms with van der Waals surface area (Å²) in [6.45, 7) is 3.52. The first kappa shape index (κ1) is 30.4. The van der Waals surface area contributed by atoms with Crippen molar-refractivity contribution in [3.63, 3.8) is 0 Å². The highest BCUT2D eigenvalue weighted by Crippen LogP contribution is 2.40. The average Bonchev–Trinajstić information content (AvgIpc) is 3.65. The van der Waals surface area contributed by atoms with Gasteiger partial charge in [0.25, 0.3) is 10.0 Å². The van der Waals surface area contributed by atoms with Crippen molar-refractivity contribution >= 4 is 32.4 Å². The van der Waals surface area contributed by atoms with Crippen LogP contribution in [0.3, 0.4) is 0 Å². The number of nitrogens with zero attached hydrogens (tertiary/aromatic N) is 5. The maximum Gasteiger partial charge on any atom is 0.355 e. The van der Waals surface area contributed by atoms with Crippen molar-refractivity contribution in [2.75, 3.05) is 23.5 Å². The summed E-state index contributed by atoms with van der Waals surface area (Å²) in [6, 6.07) is 10.2. The van der Waals surface area contributed by atoms with E-state index in [1.165, 1.54) is 42.5 Å². The minimum Gasteiger partial charge on any atom is -0.484 e. The highest BCUT2D eigenvalue weighted by molar-refractivity contribution is 7.93.